The van der Waals surface area contributed by atoms with Crippen LogP contribution in [0.2, 0.25) is 0 Å². The lowest BCUT2D eigenvalue weighted by atomic mass is 10.0. The van der Waals surface area contributed by atoms with Crippen LogP contribution in [0.15, 0.2) is 94.7 Å². The van der Waals surface area contributed by atoms with E-state index in [4.69, 9.17) is 9.98 Å². The van der Waals surface area contributed by atoms with Crippen molar-refractivity contribution in [1.29, 1.82) is 0 Å². The molecule has 0 spiro atoms. The van der Waals surface area contributed by atoms with E-state index in [1.54, 1.807) is 19.1 Å². The molecular weight excluding hydrogens is 480 g/mol. The van der Waals surface area contributed by atoms with Crippen LogP contribution in [0.3, 0.4) is 0 Å². The van der Waals surface area contributed by atoms with Gasteiger partial charge in [-0.3, -0.25) is 19.6 Å². The van der Waals surface area contributed by atoms with Crippen LogP contribution < -0.4 is 5.43 Å². The Kier molecular flexibility index (Phi) is 9.32. The maximum Gasteiger partial charge on any atom is 0.180 e. The second kappa shape index (κ2) is 13.1. The fourth-order valence-corrected chi connectivity index (χ4v) is 4.76. The summed E-state index contributed by atoms with van der Waals surface area (Å²) in [4.78, 5) is 34.1. The van der Waals surface area contributed by atoms with E-state index < -0.39 is 0 Å². The standard InChI is InChI=1S/C35H36N2O2/c1-24-10-5-6-17-34(24)36-26(3)11-7-12-28-13-9-16-31(22-28)35-25(2)20-33(39)23-32(37-35)19-18-29-14-8-15-30(21-29)27(4)38/h5-6,8-10,13-17,20-23H,7,11-12,18-19H2,1-4H3. The lowest BCUT2D eigenvalue weighted by Crippen LogP contribution is -1.99. The maximum absolute atomic E-state index is 12.6. The van der Waals surface area contributed by atoms with Crippen LogP contribution in [0.25, 0.3) is 11.3 Å². The van der Waals surface area contributed by atoms with Crippen molar-refractivity contribution in [3.63, 3.8) is 0 Å². The second-order valence-electron chi connectivity index (χ2n) is 10.3. The molecule has 0 radical (unpaired) electrons. The third kappa shape index (κ3) is 7.90. The summed E-state index contributed by atoms with van der Waals surface area (Å²) in [6.45, 7) is 7.70. The molecule has 0 aliphatic heterocycles. The van der Waals surface area contributed by atoms with Gasteiger partial charge in [0.15, 0.2) is 11.2 Å². The summed E-state index contributed by atoms with van der Waals surface area (Å²) in [7, 11) is 0. The van der Waals surface area contributed by atoms with Gasteiger partial charge in [-0.15, -0.1) is 0 Å². The maximum atomic E-state index is 12.6. The highest BCUT2D eigenvalue weighted by molar-refractivity contribution is 5.94. The summed E-state index contributed by atoms with van der Waals surface area (Å²) >= 11 is 0. The number of hydrogen-bond donors (Lipinski definition) is 0. The van der Waals surface area contributed by atoms with Gasteiger partial charge in [-0.2, -0.15) is 0 Å². The zero-order valence-electron chi connectivity index (χ0n) is 23.3. The molecule has 0 atom stereocenters. The second-order valence-corrected chi connectivity index (χ2v) is 10.3. The number of ketones is 1. The average molecular weight is 517 g/mol. The largest absolute Gasteiger partial charge is 0.295 e. The molecule has 0 aliphatic carbocycles. The summed E-state index contributed by atoms with van der Waals surface area (Å²) in [6.07, 6.45) is 4.22. The van der Waals surface area contributed by atoms with E-state index in [9.17, 15) is 9.59 Å². The molecule has 1 aromatic heterocycles. The molecule has 39 heavy (non-hydrogen) atoms. The van der Waals surface area contributed by atoms with Crippen molar-refractivity contribution in [1.82, 2.24) is 4.98 Å². The number of aromatic nitrogens is 1. The predicted octanol–water partition coefficient (Wildman–Crippen LogP) is 7.83. The minimum Gasteiger partial charge on any atom is -0.295 e. The van der Waals surface area contributed by atoms with Gasteiger partial charge in [-0.25, -0.2) is 0 Å². The summed E-state index contributed by atoms with van der Waals surface area (Å²) in [6, 6.07) is 27.6. The smallest absolute Gasteiger partial charge is 0.180 e. The molecule has 3 aromatic carbocycles. The monoisotopic (exact) mass is 516 g/mol. The van der Waals surface area contributed by atoms with Gasteiger partial charge in [-0.1, -0.05) is 54.6 Å². The fraction of sp³-hybridized carbons (Fsp3) is 0.257. The topological polar surface area (TPSA) is 59.4 Å². The molecule has 0 saturated heterocycles. The van der Waals surface area contributed by atoms with Gasteiger partial charge in [0.2, 0.25) is 0 Å². The first-order valence-electron chi connectivity index (χ1n) is 13.6. The van der Waals surface area contributed by atoms with Gasteiger partial charge in [0.1, 0.15) is 0 Å². The van der Waals surface area contributed by atoms with E-state index in [1.165, 1.54) is 11.1 Å². The summed E-state index contributed by atoms with van der Waals surface area (Å²) in [5.74, 6) is 0.0504. The number of aliphatic imine (C=N–C) groups is 1. The van der Waals surface area contributed by atoms with Crippen LogP contribution >= 0.6 is 0 Å². The van der Waals surface area contributed by atoms with Crippen molar-refractivity contribution < 1.29 is 4.79 Å². The Morgan fingerprint density at radius 3 is 2.28 bits per heavy atom. The number of para-hydroxylation sites is 1. The first-order chi connectivity index (χ1) is 18.8. The quantitative estimate of drug-likeness (QED) is 0.159. The lowest BCUT2D eigenvalue weighted by molar-refractivity contribution is 0.101. The van der Waals surface area contributed by atoms with Crippen LogP contribution in [0.1, 0.15) is 65.0 Å². The highest BCUT2D eigenvalue weighted by atomic mass is 16.1. The predicted molar refractivity (Wildman–Crippen MR) is 161 cm³/mol. The van der Waals surface area contributed by atoms with Crippen molar-refractivity contribution in [3.05, 3.63) is 129 Å². The van der Waals surface area contributed by atoms with Crippen LogP contribution in [0, 0.1) is 13.8 Å². The zero-order chi connectivity index (χ0) is 27.8. The van der Waals surface area contributed by atoms with Crippen molar-refractivity contribution in [2.75, 3.05) is 0 Å². The Bertz CT molecular complexity index is 1570. The van der Waals surface area contributed by atoms with Gasteiger partial charge in [0, 0.05) is 28.6 Å². The van der Waals surface area contributed by atoms with E-state index >= 15 is 0 Å². The lowest BCUT2D eigenvalue weighted by Gasteiger charge is -2.08. The van der Waals surface area contributed by atoms with Gasteiger partial charge >= 0.3 is 0 Å². The van der Waals surface area contributed by atoms with E-state index in [2.05, 4.69) is 50.2 Å². The molecule has 0 N–H and O–H groups in total. The van der Waals surface area contributed by atoms with E-state index in [0.29, 0.717) is 18.4 Å². The van der Waals surface area contributed by atoms with E-state index in [0.717, 1.165) is 58.7 Å². The van der Waals surface area contributed by atoms with E-state index in [1.807, 2.05) is 43.3 Å². The van der Waals surface area contributed by atoms with Gasteiger partial charge in [0.05, 0.1) is 11.4 Å². The number of carbonyl (C=O) groups excluding carboxylic acids is 1. The highest BCUT2D eigenvalue weighted by Crippen LogP contribution is 2.23. The molecule has 198 valence electrons. The number of hydrogen-bond acceptors (Lipinski definition) is 4. The first kappa shape index (κ1) is 27.8. The number of aryl methyl sites for hydroxylation is 5. The molecule has 0 saturated carbocycles. The SMILES string of the molecule is CC(=O)c1cccc(CCc2cc(=O)cc(C)c(-c3cccc(CCCC(C)=Nc4ccccc4C)c3)n2)c1. The number of carbonyl (C=O) groups is 1. The third-order valence-electron chi connectivity index (χ3n) is 6.93. The molecule has 4 aromatic rings. The summed E-state index contributed by atoms with van der Waals surface area (Å²) < 4.78 is 0. The minimum atomic E-state index is -0.0432. The van der Waals surface area contributed by atoms with Crippen molar-refractivity contribution >= 4 is 17.2 Å². The number of Topliss-reactive ketones (excluding diaryl/α,β-unsaturated/α-hetero) is 1. The van der Waals surface area contributed by atoms with E-state index in [-0.39, 0.29) is 11.2 Å². The summed E-state index contributed by atoms with van der Waals surface area (Å²) in [5.41, 5.74) is 9.80. The Hall–Kier alpha value is -4.18. The fourth-order valence-electron chi connectivity index (χ4n) is 4.76. The van der Waals surface area contributed by atoms with Gasteiger partial charge in [0.25, 0.3) is 0 Å². The average Bonchev–Trinajstić information content (AvgIpc) is 3.06. The molecule has 0 amide bonds. The van der Waals surface area contributed by atoms with Crippen molar-refractivity contribution in [3.8, 4) is 11.3 Å². The number of benzene rings is 3. The Morgan fingerprint density at radius 1 is 0.769 bits per heavy atom. The summed E-state index contributed by atoms with van der Waals surface area (Å²) in [5, 5.41) is 0. The van der Waals surface area contributed by atoms with Crippen LogP contribution in [-0.2, 0) is 19.3 Å². The van der Waals surface area contributed by atoms with Gasteiger partial charge < -0.3 is 0 Å². The van der Waals surface area contributed by atoms with Crippen molar-refractivity contribution in [2.45, 2.75) is 59.8 Å². The van der Waals surface area contributed by atoms with Gasteiger partial charge in [-0.05, 0) is 106 Å². The number of rotatable bonds is 10. The molecule has 0 bridgehead atoms. The normalized spacial score (nSPS) is 11.4. The molecule has 0 unspecified atom stereocenters. The Morgan fingerprint density at radius 2 is 1.51 bits per heavy atom. The van der Waals surface area contributed by atoms with Crippen LogP contribution in [0.4, 0.5) is 5.69 Å². The van der Waals surface area contributed by atoms with Crippen LogP contribution in [0.5, 0.6) is 0 Å². The molecule has 4 nitrogen and oxygen atoms in total. The molecule has 4 rings (SSSR count). The molecule has 0 aliphatic rings. The Balaban J connectivity index is 1.49. The minimum absolute atomic E-state index is 0.0432. The van der Waals surface area contributed by atoms with Crippen molar-refractivity contribution in [2.24, 2.45) is 4.99 Å². The van der Waals surface area contributed by atoms with Crippen LogP contribution in [-0.4, -0.2) is 16.5 Å². The highest BCUT2D eigenvalue weighted by Gasteiger charge is 2.09. The first-order valence-corrected chi connectivity index (χ1v) is 13.6. The zero-order valence-corrected chi connectivity index (χ0v) is 23.3. The molecule has 4 heteroatoms. The molecular formula is C35H36N2O2. The third-order valence-corrected chi connectivity index (χ3v) is 6.93. The number of nitrogens with zero attached hydrogens (tertiary/aromatic N) is 2. The Labute approximate surface area is 231 Å². The molecule has 0 fully saturated rings. The molecule has 1 heterocycles.